The maximum absolute atomic E-state index is 12.6. The molecule has 2 aromatic rings. The van der Waals surface area contributed by atoms with Crippen LogP contribution in [-0.2, 0) is 14.1 Å². The number of hydrogen-bond donors (Lipinski definition) is 0. The number of aryl methyl sites for hydroxylation is 1. The average Bonchev–Trinajstić information content (AvgIpc) is 3.15. The second kappa shape index (κ2) is 6.79. The first-order valence-electron chi connectivity index (χ1n) is 8.44. The van der Waals surface area contributed by atoms with Crippen LogP contribution in [0.2, 0.25) is 0 Å². The van der Waals surface area contributed by atoms with Gasteiger partial charge >= 0.3 is 5.69 Å². The Morgan fingerprint density at radius 1 is 1.16 bits per heavy atom. The zero-order valence-corrected chi connectivity index (χ0v) is 14.9. The number of hydrogen-bond acceptors (Lipinski definition) is 5. The van der Waals surface area contributed by atoms with E-state index in [1.165, 1.54) is 24.5 Å². The SMILES string of the molecule is CN(CCN1CCCC1)C(=O)c1ccc2c(=O)n(C)c(=O)n(C)c2n1. The third-order valence-electron chi connectivity index (χ3n) is 4.82. The Kier molecular flexibility index (Phi) is 4.71. The molecule has 25 heavy (non-hydrogen) atoms. The van der Waals surface area contributed by atoms with Crippen molar-refractivity contribution < 1.29 is 4.79 Å². The number of pyridine rings is 1. The van der Waals surface area contributed by atoms with Crippen molar-refractivity contribution in [1.29, 1.82) is 0 Å². The van der Waals surface area contributed by atoms with Crippen LogP contribution in [0.4, 0.5) is 0 Å². The molecule has 0 atom stereocenters. The minimum absolute atomic E-state index is 0.214. The van der Waals surface area contributed by atoms with Gasteiger partial charge in [0.25, 0.3) is 11.5 Å². The highest BCUT2D eigenvalue weighted by molar-refractivity contribution is 5.94. The van der Waals surface area contributed by atoms with Gasteiger partial charge in [-0.15, -0.1) is 0 Å². The van der Waals surface area contributed by atoms with Gasteiger partial charge in [-0.05, 0) is 38.1 Å². The minimum atomic E-state index is -0.461. The first-order chi connectivity index (χ1) is 11.9. The lowest BCUT2D eigenvalue weighted by Gasteiger charge is -2.21. The van der Waals surface area contributed by atoms with Crippen LogP contribution in [0.3, 0.4) is 0 Å². The Balaban J connectivity index is 1.86. The summed E-state index contributed by atoms with van der Waals surface area (Å²) in [5.74, 6) is -0.214. The summed E-state index contributed by atoms with van der Waals surface area (Å²) in [4.78, 5) is 45.1. The van der Waals surface area contributed by atoms with E-state index in [0.717, 1.165) is 24.2 Å². The number of fused-ring (bicyclic) bond motifs is 1. The summed E-state index contributed by atoms with van der Waals surface area (Å²) in [5.41, 5.74) is -0.407. The van der Waals surface area contributed by atoms with Gasteiger partial charge < -0.3 is 9.80 Å². The molecule has 0 radical (unpaired) electrons. The molecule has 8 heteroatoms. The Morgan fingerprint density at radius 2 is 1.84 bits per heavy atom. The smallest absolute Gasteiger partial charge is 0.332 e. The summed E-state index contributed by atoms with van der Waals surface area (Å²) in [7, 11) is 4.71. The van der Waals surface area contributed by atoms with Crippen LogP contribution in [0.15, 0.2) is 21.7 Å². The van der Waals surface area contributed by atoms with Crippen LogP contribution in [-0.4, -0.2) is 63.1 Å². The first kappa shape index (κ1) is 17.3. The molecule has 134 valence electrons. The minimum Gasteiger partial charge on any atom is -0.339 e. The Labute approximate surface area is 145 Å². The van der Waals surface area contributed by atoms with Gasteiger partial charge in [-0.3, -0.25) is 18.7 Å². The van der Waals surface area contributed by atoms with Crippen molar-refractivity contribution in [2.24, 2.45) is 14.1 Å². The molecular weight excluding hydrogens is 322 g/mol. The molecule has 3 rings (SSSR count). The number of amides is 1. The van der Waals surface area contributed by atoms with Gasteiger partial charge in [0.1, 0.15) is 11.3 Å². The van der Waals surface area contributed by atoms with E-state index in [0.29, 0.717) is 11.9 Å². The Hall–Kier alpha value is -2.48. The highest BCUT2D eigenvalue weighted by Gasteiger charge is 2.18. The molecule has 0 unspecified atom stereocenters. The van der Waals surface area contributed by atoms with Gasteiger partial charge in [0.05, 0.1) is 5.39 Å². The molecule has 8 nitrogen and oxygen atoms in total. The van der Waals surface area contributed by atoms with Gasteiger partial charge in [0.2, 0.25) is 0 Å². The van der Waals surface area contributed by atoms with Crippen LogP contribution < -0.4 is 11.2 Å². The Morgan fingerprint density at radius 3 is 2.52 bits per heavy atom. The van der Waals surface area contributed by atoms with Gasteiger partial charge in [-0.1, -0.05) is 0 Å². The topological polar surface area (TPSA) is 80.4 Å². The molecule has 0 saturated carbocycles. The van der Waals surface area contributed by atoms with Crippen LogP contribution in [0, 0.1) is 0 Å². The van der Waals surface area contributed by atoms with Crippen LogP contribution >= 0.6 is 0 Å². The third kappa shape index (κ3) is 3.21. The predicted octanol–water partition coefficient (Wildman–Crippen LogP) is -0.200. The van der Waals surface area contributed by atoms with Crippen molar-refractivity contribution in [2.75, 3.05) is 33.2 Å². The summed E-state index contributed by atoms with van der Waals surface area (Å²) in [6, 6.07) is 3.11. The van der Waals surface area contributed by atoms with E-state index in [9.17, 15) is 14.4 Å². The monoisotopic (exact) mass is 345 g/mol. The van der Waals surface area contributed by atoms with Gasteiger partial charge in [-0.2, -0.15) is 0 Å². The maximum Gasteiger partial charge on any atom is 0.332 e. The maximum atomic E-state index is 12.6. The van der Waals surface area contributed by atoms with Gasteiger partial charge in [0.15, 0.2) is 0 Å². The molecule has 1 aliphatic heterocycles. The number of aromatic nitrogens is 3. The molecule has 1 saturated heterocycles. The van der Waals surface area contributed by atoms with E-state index in [1.807, 2.05) is 0 Å². The van der Waals surface area contributed by atoms with E-state index in [2.05, 4.69) is 9.88 Å². The summed E-state index contributed by atoms with van der Waals surface area (Å²) in [6.45, 7) is 3.63. The van der Waals surface area contributed by atoms with E-state index < -0.39 is 11.2 Å². The molecule has 3 heterocycles. The lowest BCUT2D eigenvalue weighted by atomic mass is 10.2. The van der Waals surface area contributed by atoms with Crippen molar-refractivity contribution >= 4 is 16.9 Å². The molecule has 0 aliphatic carbocycles. The van der Waals surface area contributed by atoms with Crippen LogP contribution in [0.5, 0.6) is 0 Å². The standard InChI is InChI=1S/C17H23N5O3/c1-19(10-11-22-8-4-5-9-22)16(24)13-7-6-12-14(18-13)20(2)17(25)21(3)15(12)23/h6-7H,4-5,8-11H2,1-3H3. The van der Waals surface area contributed by atoms with Crippen molar-refractivity contribution in [2.45, 2.75) is 12.8 Å². The molecule has 0 aromatic carbocycles. The average molecular weight is 345 g/mol. The number of carbonyl (C=O) groups is 1. The number of carbonyl (C=O) groups excluding carboxylic acids is 1. The zero-order valence-electron chi connectivity index (χ0n) is 14.9. The molecule has 2 aromatic heterocycles. The van der Waals surface area contributed by atoms with E-state index in [4.69, 9.17) is 0 Å². The fourth-order valence-corrected chi connectivity index (χ4v) is 3.17. The molecule has 0 spiro atoms. The molecular formula is C17H23N5O3. The number of likely N-dealkylation sites (tertiary alicyclic amines) is 1. The lowest BCUT2D eigenvalue weighted by molar-refractivity contribution is 0.0777. The van der Waals surface area contributed by atoms with Crippen molar-refractivity contribution in [3.8, 4) is 0 Å². The van der Waals surface area contributed by atoms with Gasteiger partial charge in [0, 0.05) is 34.2 Å². The quantitative estimate of drug-likeness (QED) is 0.767. The third-order valence-corrected chi connectivity index (χ3v) is 4.82. The summed E-state index contributed by atoms with van der Waals surface area (Å²) in [5, 5.41) is 0.320. The predicted molar refractivity (Wildman–Crippen MR) is 94.9 cm³/mol. The van der Waals surface area contributed by atoms with Crippen LogP contribution in [0.1, 0.15) is 23.3 Å². The van der Waals surface area contributed by atoms with E-state index in [-0.39, 0.29) is 17.2 Å². The summed E-state index contributed by atoms with van der Waals surface area (Å²) >= 11 is 0. The molecule has 1 fully saturated rings. The number of rotatable bonds is 4. The normalized spacial score (nSPS) is 15.0. The van der Waals surface area contributed by atoms with Crippen molar-refractivity contribution in [3.05, 3.63) is 38.7 Å². The zero-order chi connectivity index (χ0) is 18.1. The van der Waals surface area contributed by atoms with Crippen LogP contribution in [0.25, 0.3) is 11.0 Å². The summed E-state index contributed by atoms with van der Waals surface area (Å²) < 4.78 is 2.32. The fraction of sp³-hybridized carbons (Fsp3) is 0.529. The molecule has 1 amide bonds. The molecule has 0 N–H and O–H groups in total. The molecule has 1 aliphatic rings. The fourth-order valence-electron chi connectivity index (χ4n) is 3.17. The first-order valence-corrected chi connectivity index (χ1v) is 8.44. The van der Waals surface area contributed by atoms with E-state index in [1.54, 1.807) is 31.1 Å². The largest absolute Gasteiger partial charge is 0.339 e. The second-order valence-corrected chi connectivity index (χ2v) is 6.55. The van der Waals surface area contributed by atoms with Crippen molar-refractivity contribution in [3.63, 3.8) is 0 Å². The number of nitrogens with zero attached hydrogens (tertiary/aromatic N) is 5. The highest BCUT2D eigenvalue weighted by Crippen LogP contribution is 2.10. The highest BCUT2D eigenvalue weighted by atomic mass is 16.2. The second-order valence-electron chi connectivity index (χ2n) is 6.55. The van der Waals surface area contributed by atoms with E-state index >= 15 is 0 Å². The van der Waals surface area contributed by atoms with Crippen molar-refractivity contribution in [1.82, 2.24) is 23.9 Å². The van der Waals surface area contributed by atoms with Gasteiger partial charge in [-0.25, -0.2) is 9.78 Å². The number of likely N-dealkylation sites (N-methyl/N-ethyl adjacent to an activating group) is 1. The molecule has 0 bridgehead atoms. The summed E-state index contributed by atoms with van der Waals surface area (Å²) in [6.07, 6.45) is 2.43. The lowest BCUT2D eigenvalue weighted by Crippen LogP contribution is -2.38. The Bertz CT molecular complexity index is 924.